The lowest BCUT2D eigenvalue weighted by molar-refractivity contribution is 0.00578. The summed E-state index contributed by atoms with van der Waals surface area (Å²) in [5.41, 5.74) is -0.555. The molecule has 4 heteroatoms. The maximum atomic E-state index is 9.10. The van der Waals surface area contributed by atoms with Crippen molar-refractivity contribution in [1.29, 1.82) is 5.26 Å². The molecule has 0 spiro atoms. The first kappa shape index (κ1) is 11.9. The highest BCUT2D eigenvalue weighted by molar-refractivity contribution is 6.47. The maximum Gasteiger partial charge on any atom is 0.462 e. The van der Waals surface area contributed by atoms with E-state index in [-0.39, 0.29) is 30.1 Å². The second-order valence-electron chi connectivity index (χ2n) is 5.96. The van der Waals surface area contributed by atoms with E-state index in [0.717, 1.165) is 19.3 Å². The fourth-order valence-corrected chi connectivity index (χ4v) is 2.54. The van der Waals surface area contributed by atoms with Crippen LogP contribution in [0.25, 0.3) is 0 Å². The standard InChI is InChI=1S/C12H20BNO2/c1-11(2)12(3,4)16-13(15-11)10-7-5-6-9(10)8-14/h9-10H,5-7H2,1-4H3. The lowest BCUT2D eigenvalue weighted by atomic mass is 9.66. The van der Waals surface area contributed by atoms with Crippen LogP contribution in [0.15, 0.2) is 0 Å². The van der Waals surface area contributed by atoms with Gasteiger partial charge in [-0.05, 0) is 34.1 Å². The molecule has 1 aliphatic carbocycles. The fourth-order valence-electron chi connectivity index (χ4n) is 2.54. The molecule has 2 fully saturated rings. The Bertz CT molecular complexity index is 305. The van der Waals surface area contributed by atoms with Crippen molar-refractivity contribution < 1.29 is 9.31 Å². The first-order valence-electron chi connectivity index (χ1n) is 6.13. The van der Waals surface area contributed by atoms with Crippen LogP contribution in [0.4, 0.5) is 0 Å². The van der Waals surface area contributed by atoms with Gasteiger partial charge in [0.15, 0.2) is 0 Å². The van der Waals surface area contributed by atoms with Crippen molar-refractivity contribution in [2.75, 3.05) is 0 Å². The molecule has 2 atom stereocenters. The van der Waals surface area contributed by atoms with E-state index in [0.29, 0.717) is 0 Å². The number of nitrogens with zero attached hydrogens (tertiary/aromatic N) is 1. The van der Waals surface area contributed by atoms with Crippen LogP contribution in [-0.4, -0.2) is 18.3 Å². The monoisotopic (exact) mass is 221 g/mol. The normalized spacial score (nSPS) is 36.3. The van der Waals surface area contributed by atoms with Gasteiger partial charge in [-0.25, -0.2) is 0 Å². The summed E-state index contributed by atoms with van der Waals surface area (Å²) in [5, 5.41) is 9.10. The Balaban J connectivity index is 2.12. The highest BCUT2D eigenvalue weighted by atomic mass is 16.7. The van der Waals surface area contributed by atoms with Gasteiger partial charge in [-0.2, -0.15) is 5.26 Å². The zero-order valence-corrected chi connectivity index (χ0v) is 10.6. The van der Waals surface area contributed by atoms with Gasteiger partial charge in [0, 0.05) is 11.7 Å². The number of nitriles is 1. The molecule has 0 amide bonds. The molecule has 1 heterocycles. The molecule has 0 radical (unpaired) electrons. The van der Waals surface area contributed by atoms with Gasteiger partial charge in [-0.1, -0.05) is 12.8 Å². The highest BCUT2D eigenvalue weighted by Gasteiger charge is 2.55. The molecule has 3 nitrogen and oxygen atoms in total. The molecule has 88 valence electrons. The summed E-state index contributed by atoms with van der Waals surface area (Å²) < 4.78 is 12.0. The SMILES string of the molecule is CC1(C)OB(C2CCCC2C#N)OC1(C)C. The molecule has 0 aromatic rings. The van der Waals surface area contributed by atoms with Gasteiger partial charge in [0.1, 0.15) is 0 Å². The summed E-state index contributed by atoms with van der Waals surface area (Å²) in [6.07, 6.45) is 3.16. The van der Waals surface area contributed by atoms with E-state index in [9.17, 15) is 0 Å². The van der Waals surface area contributed by atoms with E-state index >= 15 is 0 Å². The van der Waals surface area contributed by atoms with E-state index in [2.05, 4.69) is 33.8 Å². The van der Waals surface area contributed by atoms with Crippen molar-refractivity contribution in [3.8, 4) is 6.07 Å². The van der Waals surface area contributed by atoms with Gasteiger partial charge in [0.05, 0.1) is 17.3 Å². The maximum absolute atomic E-state index is 9.10. The van der Waals surface area contributed by atoms with Crippen molar-refractivity contribution in [2.45, 2.75) is 64.0 Å². The summed E-state index contributed by atoms with van der Waals surface area (Å²) in [6.45, 7) is 8.24. The molecule has 1 saturated carbocycles. The number of hydrogen-bond donors (Lipinski definition) is 0. The summed E-state index contributed by atoms with van der Waals surface area (Å²) in [5.74, 6) is 0.362. The molecule has 0 bridgehead atoms. The highest BCUT2D eigenvalue weighted by Crippen LogP contribution is 2.46. The minimum absolute atomic E-state index is 0.106. The van der Waals surface area contributed by atoms with Crippen LogP contribution in [-0.2, 0) is 9.31 Å². The van der Waals surface area contributed by atoms with Crippen LogP contribution in [0.5, 0.6) is 0 Å². The van der Waals surface area contributed by atoms with E-state index in [1.165, 1.54) is 0 Å². The van der Waals surface area contributed by atoms with E-state index < -0.39 is 0 Å². The number of hydrogen-bond acceptors (Lipinski definition) is 3. The zero-order chi connectivity index (χ0) is 12.0. The van der Waals surface area contributed by atoms with Crippen molar-refractivity contribution in [2.24, 2.45) is 5.92 Å². The summed E-state index contributed by atoms with van der Waals surface area (Å²) in [4.78, 5) is 0. The molecule has 2 unspecified atom stereocenters. The van der Waals surface area contributed by atoms with Crippen LogP contribution >= 0.6 is 0 Å². The largest absolute Gasteiger partial charge is 0.462 e. The summed E-state index contributed by atoms with van der Waals surface area (Å²) >= 11 is 0. The quantitative estimate of drug-likeness (QED) is 0.639. The Kier molecular flexibility index (Phi) is 2.80. The van der Waals surface area contributed by atoms with Gasteiger partial charge in [-0.15, -0.1) is 0 Å². The Morgan fingerprint density at radius 3 is 2.19 bits per heavy atom. The second kappa shape index (κ2) is 3.75. The van der Waals surface area contributed by atoms with Crippen LogP contribution in [0.1, 0.15) is 47.0 Å². The number of rotatable bonds is 1. The smallest absolute Gasteiger partial charge is 0.403 e. The second-order valence-corrected chi connectivity index (χ2v) is 5.96. The third-order valence-corrected chi connectivity index (χ3v) is 4.36. The minimum atomic E-state index is -0.278. The van der Waals surface area contributed by atoms with Gasteiger partial charge in [0.2, 0.25) is 0 Å². The molecule has 2 rings (SSSR count). The average molecular weight is 221 g/mol. The third kappa shape index (κ3) is 1.76. The molecule has 16 heavy (non-hydrogen) atoms. The Morgan fingerprint density at radius 1 is 1.12 bits per heavy atom. The van der Waals surface area contributed by atoms with Gasteiger partial charge >= 0.3 is 7.12 Å². The lowest BCUT2D eigenvalue weighted by Crippen LogP contribution is -2.41. The Hall–Kier alpha value is -0.525. The molecule has 1 saturated heterocycles. The van der Waals surface area contributed by atoms with Crippen LogP contribution in [0, 0.1) is 17.2 Å². The Labute approximate surface area is 98.3 Å². The van der Waals surface area contributed by atoms with Crippen LogP contribution in [0.2, 0.25) is 5.82 Å². The summed E-state index contributed by atoms with van der Waals surface area (Å²) in [7, 11) is -0.197. The Morgan fingerprint density at radius 2 is 1.69 bits per heavy atom. The third-order valence-electron chi connectivity index (χ3n) is 4.36. The zero-order valence-electron chi connectivity index (χ0n) is 10.6. The molecule has 0 N–H and O–H groups in total. The van der Waals surface area contributed by atoms with Gasteiger partial charge in [0.25, 0.3) is 0 Å². The van der Waals surface area contributed by atoms with E-state index in [4.69, 9.17) is 14.6 Å². The van der Waals surface area contributed by atoms with Crippen molar-refractivity contribution in [3.63, 3.8) is 0 Å². The molecular formula is C12H20BNO2. The van der Waals surface area contributed by atoms with Crippen LogP contribution < -0.4 is 0 Å². The molecular weight excluding hydrogens is 201 g/mol. The molecule has 2 aliphatic rings. The lowest BCUT2D eigenvalue weighted by Gasteiger charge is -2.32. The van der Waals surface area contributed by atoms with Gasteiger partial charge in [-0.3, -0.25) is 0 Å². The predicted octanol–water partition coefficient (Wildman–Crippen LogP) is 2.77. The topological polar surface area (TPSA) is 42.2 Å². The van der Waals surface area contributed by atoms with Crippen LogP contribution in [0.3, 0.4) is 0 Å². The fraction of sp³-hybridized carbons (Fsp3) is 0.917. The first-order valence-corrected chi connectivity index (χ1v) is 6.13. The minimum Gasteiger partial charge on any atom is -0.403 e. The van der Waals surface area contributed by atoms with E-state index in [1.807, 2.05) is 0 Å². The van der Waals surface area contributed by atoms with Gasteiger partial charge < -0.3 is 9.31 Å². The predicted molar refractivity (Wildman–Crippen MR) is 62.8 cm³/mol. The summed E-state index contributed by atoms with van der Waals surface area (Å²) in [6, 6.07) is 2.39. The van der Waals surface area contributed by atoms with E-state index in [1.54, 1.807) is 0 Å². The average Bonchev–Trinajstić information content (AvgIpc) is 2.69. The molecule has 0 aromatic heterocycles. The molecule has 0 aromatic carbocycles. The van der Waals surface area contributed by atoms with Crippen molar-refractivity contribution >= 4 is 7.12 Å². The van der Waals surface area contributed by atoms with Crippen molar-refractivity contribution in [3.05, 3.63) is 0 Å². The molecule has 1 aliphatic heterocycles. The van der Waals surface area contributed by atoms with Crippen molar-refractivity contribution in [1.82, 2.24) is 0 Å². The first-order chi connectivity index (χ1) is 7.37.